The van der Waals surface area contributed by atoms with Crippen LogP contribution in [-0.2, 0) is 51.9 Å². The van der Waals surface area contributed by atoms with Crippen molar-refractivity contribution in [1.29, 1.82) is 5.26 Å². The second kappa shape index (κ2) is 9.36. The van der Waals surface area contributed by atoms with Gasteiger partial charge in [0.05, 0.1) is 23.6 Å². The summed E-state index contributed by atoms with van der Waals surface area (Å²) in [5.74, 6) is -0.274. The van der Waals surface area contributed by atoms with Crippen LogP contribution in [0, 0.1) is 11.3 Å². The third-order valence-electron chi connectivity index (χ3n) is 7.43. The summed E-state index contributed by atoms with van der Waals surface area (Å²) in [6.07, 6.45) is 10.0. The maximum Gasteiger partial charge on any atom is 0.208 e. The Morgan fingerprint density at radius 3 is 2.50 bits per heavy atom. The van der Waals surface area contributed by atoms with Gasteiger partial charge in [-0.2, -0.15) is 5.26 Å². The normalized spacial score (nSPS) is 23.9. The molecule has 0 aromatic heterocycles. The molecule has 1 aromatic carbocycles. The highest BCUT2D eigenvalue weighted by molar-refractivity contribution is 7.73. The van der Waals surface area contributed by atoms with E-state index in [1.165, 1.54) is 28.5 Å². The molecule has 1 fully saturated rings. The summed E-state index contributed by atoms with van der Waals surface area (Å²) in [6, 6.07) is 4.90. The first kappa shape index (κ1) is 23.0. The van der Waals surface area contributed by atoms with Crippen LogP contribution >= 0.6 is 0 Å². The summed E-state index contributed by atoms with van der Waals surface area (Å²) in [4.78, 5) is 15.0. The number of amides is 1. The van der Waals surface area contributed by atoms with Crippen molar-refractivity contribution < 1.29 is 9.00 Å². The second-order valence-corrected chi connectivity index (χ2v) is 10.6. The first-order valence-corrected chi connectivity index (χ1v) is 12.9. The molecule has 0 spiro atoms. The molecule has 1 saturated heterocycles. The lowest BCUT2D eigenvalue weighted by atomic mass is 9.89. The number of hydrogen-bond acceptors (Lipinski definition) is 6. The molecule has 0 radical (unpaired) electrons. The van der Waals surface area contributed by atoms with Gasteiger partial charge in [0.1, 0.15) is 0 Å². The number of fused-ring (bicyclic) bond motifs is 2. The van der Waals surface area contributed by atoms with E-state index < -0.39 is 16.3 Å². The minimum absolute atomic E-state index is 0.250. The topological polar surface area (TPSA) is 85.6 Å². The Balaban J connectivity index is 1.49. The van der Waals surface area contributed by atoms with Crippen molar-refractivity contribution in [2.24, 2.45) is 4.36 Å². The molecule has 7 heteroatoms. The van der Waals surface area contributed by atoms with E-state index in [1.54, 1.807) is 0 Å². The molecular weight excluding hydrogens is 420 g/mol. The van der Waals surface area contributed by atoms with E-state index in [0.29, 0.717) is 11.6 Å². The quantitative estimate of drug-likeness (QED) is 0.520. The van der Waals surface area contributed by atoms with E-state index in [2.05, 4.69) is 40.0 Å². The van der Waals surface area contributed by atoms with Gasteiger partial charge in [0.25, 0.3) is 0 Å². The molecule has 1 N–H and O–H groups in total. The lowest BCUT2D eigenvalue weighted by molar-refractivity contribution is -0.118. The van der Waals surface area contributed by atoms with E-state index in [1.807, 2.05) is 6.92 Å². The maximum absolute atomic E-state index is 12.7. The largest absolute Gasteiger partial charge is 0.424 e. The highest BCUT2D eigenvalue weighted by Crippen LogP contribution is 2.37. The van der Waals surface area contributed by atoms with Crippen molar-refractivity contribution >= 4 is 16.7 Å². The van der Waals surface area contributed by atoms with Crippen molar-refractivity contribution in [3.8, 4) is 6.07 Å². The van der Waals surface area contributed by atoms with E-state index >= 15 is 0 Å². The second-order valence-electron chi connectivity index (χ2n) is 9.71. The Kier molecular flexibility index (Phi) is 6.73. The summed E-state index contributed by atoms with van der Waals surface area (Å²) in [7, 11) is -1.90. The summed E-state index contributed by atoms with van der Waals surface area (Å²) >= 11 is 0. The first-order valence-electron chi connectivity index (χ1n) is 11.8. The minimum atomic E-state index is -1.90. The molecule has 2 aliphatic carbocycles. The van der Waals surface area contributed by atoms with Gasteiger partial charge >= 0.3 is 0 Å². The molecular formula is C25H33N4O2S-. The SMILES string of the molecule is CC(C)N1CCC[C@@]1(C)/C(C#N)=C\N=[S-](=O)NC(=O)Cc1c2c(cc3c1CCC3)CCC2. The molecule has 0 saturated carbocycles. The molecule has 1 atom stereocenters. The van der Waals surface area contributed by atoms with Crippen LogP contribution in [0.1, 0.15) is 74.3 Å². The van der Waals surface area contributed by atoms with Crippen LogP contribution in [0.4, 0.5) is 0 Å². The standard InChI is InChI=1S/C25H33N4O2S/c1-17(2)29-12-6-11-25(29,3)20(15-26)16-27-32(31)28-24(30)14-23-21-9-4-7-18(21)13-19-8-5-10-22(19)23/h13,16-17H,4-12,14H2,1-3H3,(H,27,28,30,31)/q-1/b20-16-/t25-/m0/s1. The summed E-state index contributed by atoms with van der Waals surface area (Å²) in [5, 5.41) is 9.73. The van der Waals surface area contributed by atoms with Crippen molar-refractivity contribution in [1.82, 2.24) is 9.62 Å². The Hall–Kier alpha value is -2.17. The molecule has 1 aliphatic heterocycles. The lowest BCUT2D eigenvalue weighted by Gasteiger charge is -2.37. The molecule has 3 aliphatic rings. The van der Waals surface area contributed by atoms with Gasteiger partial charge in [-0.3, -0.25) is 9.69 Å². The third kappa shape index (κ3) is 4.35. The van der Waals surface area contributed by atoms with Crippen LogP contribution in [0.3, 0.4) is 0 Å². The van der Waals surface area contributed by atoms with Gasteiger partial charge in [-0.1, -0.05) is 16.8 Å². The number of rotatable bonds is 6. The molecule has 172 valence electrons. The monoisotopic (exact) mass is 453 g/mol. The molecule has 0 unspecified atom stereocenters. The predicted molar refractivity (Wildman–Crippen MR) is 126 cm³/mol. The fourth-order valence-electron chi connectivity index (χ4n) is 5.96. The van der Waals surface area contributed by atoms with Crippen molar-refractivity contribution in [3.05, 3.63) is 45.7 Å². The van der Waals surface area contributed by atoms with Crippen LogP contribution in [0.2, 0.25) is 0 Å². The number of carbonyl (C=O) groups excluding carboxylic acids is 1. The smallest absolute Gasteiger partial charge is 0.208 e. The summed E-state index contributed by atoms with van der Waals surface area (Å²) in [5.41, 5.74) is 6.68. The molecule has 32 heavy (non-hydrogen) atoms. The van der Waals surface area contributed by atoms with Gasteiger partial charge in [0.2, 0.25) is 5.91 Å². The highest BCUT2D eigenvalue weighted by atomic mass is 32.2. The van der Waals surface area contributed by atoms with Gasteiger partial charge in [-0.05, 0) is 106 Å². The van der Waals surface area contributed by atoms with Crippen molar-refractivity contribution in [3.63, 3.8) is 0 Å². The fourth-order valence-corrected chi connectivity index (χ4v) is 6.48. The fraction of sp³-hybridized carbons (Fsp3) is 0.600. The van der Waals surface area contributed by atoms with Gasteiger partial charge in [-0.15, -0.1) is 0 Å². The summed E-state index contributed by atoms with van der Waals surface area (Å²) < 4.78 is 19.1. The predicted octanol–water partition coefficient (Wildman–Crippen LogP) is 4.06. The van der Waals surface area contributed by atoms with Crippen molar-refractivity contribution in [2.75, 3.05) is 6.54 Å². The number of nitrogens with zero attached hydrogens (tertiary/aromatic N) is 3. The van der Waals surface area contributed by atoms with E-state index in [9.17, 15) is 14.3 Å². The molecule has 1 aromatic rings. The Bertz CT molecular complexity index is 1050. The van der Waals surface area contributed by atoms with Gasteiger partial charge in [0, 0.05) is 12.2 Å². The zero-order valence-corrected chi connectivity index (χ0v) is 20.2. The highest BCUT2D eigenvalue weighted by Gasteiger charge is 2.41. The van der Waals surface area contributed by atoms with Gasteiger partial charge in [0.15, 0.2) is 0 Å². The number of likely N-dealkylation sites (tertiary alicyclic amines) is 1. The molecule has 1 amide bonds. The number of carbonyl (C=O) groups is 1. The average Bonchev–Trinajstić information content (AvgIpc) is 3.47. The molecule has 0 bridgehead atoms. The lowest BCUT2D eigenvalue weighted by Crippen LogP contribution is -2.46. The molecule has 1 heterocycles. The third-order valence-corrected chi connectivity index (χ3v) is 8.13. The number of aryl methyl sites for hydroxylation is 2. The zero-order valence-electron chi connectivity index (χ0n) is 19.4. The number of benzene rings is 1. The zero-order chi connectivity index (χ0) is 22.9. The van der Waals surface area contributed by atoms with Crippen molar-refractivity contribution in [2.45, 2.75) is 90.1 Å². The Morgan fingerprint density at radius 2 is 1.91 bits per heavy atom. The van der Waals surface area contributed by atoms with Gasteiger partial charge < -0.3 is 13.3 Å². The van der Waals surface area contributed by atoms with E-state index in [0.717, 1.165) is 63.5 Å². The molecule has 6 nitrogen and oxygen atoms in total. The van der Waals surface area contributed by atoms with Crippen LogP contribution < -0.4 is 4.72 Å². The molecule has 4 rings (SSSR count). The average molecular weight is 454 g/mol. The number of nitrogens with one attached hydrogen (secondary N) is 1. The Morgan fingerprint density at radius 1 is 1.25 bits per heavy atom. The van der Waals surface area contributed by atoms with Crippen LogP contribution in [-0.4, -0.2) is 28.9 Å². The minimum Gasteiger partial charge on any atom is -0.424 e. The van der Waals surface area contributed by atoms with Crippen LogP contribution in [0.5, 0.6) is 0 Å². The first-order chi connectivity index (χ1) is 15.3. The summed E-state index contributed by atoms with van der Waals surface area (Å²) in [6.45, 7) is 7.21. The Labute approximate surface area is 193 Å². The van der Waals surface area contributed by atoms with E-state index in [-0.39, 0.29) is 12.3 Å². The van der Waals surface area contributed by atoms with Crippen LogP contribution in [0.25, 0.3) is 0 Å². The number of hydrogen-bond donors (Lipinski definition) is 1. The number of nitriles is 1. The van der Waals surface area contributed by atoms with Crippen LogP contribution in [0.15, 0.2) is 22.2 Å². The van der Waals surface area contributed by atoms with E-state index in [4.69, 9.17) is 0 Å². The maximum atomic E-state index is 12.7. The van der Waals surface area contributed by atoms with Gasteiger partial charge in [-0.25, -0.2) is 0 Å².